The average molecular weight is 148 g/mol. The van der Waals surface area contributed by atoms with E-state index in [1.807, 2.05) is 43.4 Å². The van der Waals surface area contributed by atoms with Crippen molar-refractivity contribution >= 4 is 0 Å². The summed E-state index contributed by atoms with van der Waals surface area (Å²) < 4.78 is 0. The smallest absolute Gasteiger partial charge is 0.0376 e. The van der Waals surface area contributed by atoms with Gasteiger partial charge in [0.15, 0.2) is 0 Å². The van der Waals surface area contributed by atoms with Crippen LogP contribution in [0.15, 0.2) is 48.6 Å². The Bertz CT molecular complexity index is 168. The van der Waals surface area contributed by atoms with E-state index in [-0.39, 0.29) is 0 Å². The van der Waals surface area contributed by atoms with E-state index in [2.05, 4.69) is 19.1 Å². The van der Waals surface area contributed by atoms with Crippen molar-refractivity contribution < 1.29 is 0 Å². The predicted molar refractivity (Wildman–Crippen MR) is 52.5 cm³/mol. The van der Waals surface area contributed by atoms with E-state index in [1.54, 1.807) is 0 Å². The Morgan fingerprint density at radius 2 is 1.36 bits per heavy atom. The third kappa shape index (κ3) is 8.96. The summed E-state index contributed by atoms with van der Waals surface area (Å²) in [5.41, 5.74) is 0. The van der Waals surface area contributed by atoms with E-state index in [4.69, 9.17) is 0 Å². The fourth-order valence-electron chi connectivity index (χ4n) is 0.582. The van der Waals surface area contributed by atoms with Crippen LogP contribution in [0.5, 0.6) is 0 Å². The Balaban J connectivity index is 3.51. The first kappa shape index (κ1) is 9.96. The largest absolute Gasteiger partial charge is 0.0877 e. The normalized spacial score (nSPS) is 13.3. The van der Waals surface area contributed by atoms with Crippen molar-refractivity contribution in [2.24, 2.45) is 0 Å². The molecule has 0 aliphatic carbocycles. The Labute approximate surface area is 69.6 Å². The molecule has 0 fully saturated rings. The van der Waals surface area contributed by atoms with Gasteiger partial charge in [-0.3, -0.25) is 0 Å². The van der Waals surface area contributed by atoms with E-state index >= 15 is 0 Å². The Morgan fingerprint density at radius 1 is 0.818 bits per heavy atom. The molecule has 0 radical (unpaired) electrons. The van der Waals surface area contributed by atoms with Crippen LogP contribution in [0.4, 0.5) is 0 Å². The minimum Gasteiger partial charge on any atom is -0.0877 e. The van der Waals surface area contributed by atoms with Gasteiger partial charge in [-0.05, 0) is 13.3 Å². The molecule has 0 rings (SSSR count). The summed E-state index contributed by atoms with van der Waals surface area (Å²) in [5, 5.41) is 0. The van der Waals surface area contributed by atoms with Gasteiger partial charge in [-0.2, -0.15) is 0 Å². The molecule has 0 saturated heterocycles. The van der Waals surface area contributed by atoms with E-state index in [9.17, 15) is 0 Å². The van der Waals surface area contributed by atoms with Crippen LogP contribution in [-0.2, 0) is 0 Å². The molecular formula is C11H16. The molecule has 0 atom stereocenters. The highest BCUT2D eigenvalue weighted by atomic mass is 13.7. The molecule has 0 aromatic carbocycles. The third-order valence-corrected chi connectivity index (χ3v) is 1.12. The lowest BCUT2D eigenvalue weighted by Gasteiger charge is -1.74. The van der Waals surface area contributed by atoms with Gasteiger partial charge in [-0.1, -0.05) is 55.5 Å². The first-order valence-corrected chi connectivity index (χ1v) is 4.03. The lowest BCUT2D eigenvalue weighted by atomic mass is 10.3. The van der Waals surface area contributed by atoms with E-state index in [0.29, 0.717) is 0 Å². The zero-order valence-corrected chi connectivity index (χ0v) is 7.33. The van der Waals surface area contributed by atoms with Gasteiger partial charge in [0.1, 0.15) is 0 Å². The summed E-state index contributed by atoms with van der Waals surface area (Å²) in [5.74, 6) is 0. The summed E-state index contributed by atoms with van der Waals surface area (Å²) >= 11 is 0. The van der Waals surface area contributed by atoms with Gasteiger partial charge in [0.25, 0.3) is 0 Å². The number of hydrogen-bond donors (Lipinski definition) is 0. The average Bonchev–Trinajstić information content (AvgIpc) is 2.03. The van der Waals surface area contributed by atoms with Crippen LogP contribution in [-0.4, -0.2) is 0 Å². The van der Waals surface area contributed by atoms with Crippen molar-refractivity contribution in [1.82, 2.24) is 0 Å². The van der Waals surface area contributed by atoms with Crippen molar-refractivity contribution in [3.05, 3.63) is 48.6 Å². The van der Waals surface area contributed by atoms with E-state index < -0.39 is 0 Å². The second kappa shape index (κ2) is 8.96. The van der Waals surface area contributed by atoms with E-state index in [0.717, 1.165) is 6.42 Å². The molecule has 0 bridgehead atoms. The van der Waals surface area contributed by atoms with Gasteiger partial charge in [-0.25, -0.2) is 0 Å². The van der Waals surface area contributed by atoms with Gasteiger partial charge in [-0.15, -0.1) is 0 Å². The molecule has 0 heterocycles. The van der Waals surface area contributed by atoms with Crippen LogP contribution < -0.4 is 0 Å². The Morgan fingerprint density at radius 3 is 1.91 bits per heavy atom. The summed E-state index contributed by atoms with van der Waals surface area (Å²) in [6.07, 6.45) is 17.4. The molecule has 0 amide bonds. The minimum absolute atomic E-state index is 1.10. The Hall–Kier alpha value is -1.04. The molecule has 0 aromatic rings. The standard InChI is InChI=1S/C11H16/c1-3-5-7-9-11-10-8-6-4-2/h3,5-11H,4H2,1-2H3/b5-3-,8-6-,9-7-,11-10+. The highest BCUT2D eigenvalue weighted by Crippen LogP contribution is 1.83. The highest BCUT2D eigenvalue weighted by molar-refractivity contribution is 5.14. The van der Waals surface area contributed by atoms with Crippen LogP contribution in [0.3, 0.4) is 0 Å². The molecular weight excluding hydrogens is 132 g/mol. The van der Waals surface area contributed by atoms with Crippen LogP contribution in [0.25, 0.3) is 0 Å². The van der Waals surface area contributed by atoms with E-state index in [1.165, 1.54) is 0 Å². The maximum absolute atomic E-state index is 2.12. The molecule has 0 aromatic heterocycles. The maximum atomic E-state index is 2.12. The zero-order valence-electron chi connectivity index (χ0n) is 7.33. The number of rotatable bonds is 4. The molecule has 11 heavy (non-hydrogen) atoms. The maximum Gasteiger partial charge on any atom is -0.0376 e. The van der Waals surface area contributed by atoms with Gasteiger partial charge in [0.05, 0.1) is 0 Å². The first-order valence-electron chi connectivity index (χ1n) is 4.03. The number of allylic oxidation sites excluding steroid dienone is 8. The summed E-state index contributed by atoms with van der Waals surface area (Å²) in [6, 6.07) is 0. The highest BCUT2D eigenvalue weighted by Gasteiger charge is 1.62. The lowest BCUT2D eigenvalue weighted by Crippen LogP contribution is -1.52. The van der Waals surface area contributed by atoms with Crippen molar-refractivity contribution in [3.63, 3.8) is 0 Å². The molecule has 0 nitrogen and oxygen atoms in total. The predicted octanol–water partition coefficient (Wildman–Crippen LogP) is 3.64. The molecule has 0 saturated carbocycles. The summed E-state index contributed by atoms with van der Waals surface area (Å²) in [6.45, 7) is 4.13. The van der Waals surface area contributed by atoms with Gasteiger partial charge in [0, 0.05) is 0 Å². The second-order valence-corrected chi connectivity index (χ2v) is 2.13. The van der Waals surface area contributed by atoms with Crippen LogP contribution >= 0.6 is 0 Å². The SMILES string of the molecule is C\C=C/C=C\C=C\C=C/CC. The zero-order chi connectivity index (χ0) is 8.36. The summed E-state index contributed by atoms with van der Waals surface area (Å²) in [4.78, 5) is 0. The van der Waals surface area contributed by atoms with Crippen LogP contribution in [0, 0.1) is 0 Å². The second-order valence-electron chi connectivity index (χ2n) is 2.13. The molecule has 0 aliphatic heterocycles. The topological polar surface area (TPSA) is 0 Å². The van der Waals surface area contributed by atoms with Crippen molar-refractivity contribution in [1.29, 1.82) is 0 Å². The molecule has 0 N–H and O–H groups in total. The third-order valence-electron chi connectivity index (χ3n) is 1.12. The van der Waals surface area contributed by atoms with Gasteiger partial charge < -0.3 is 0 Å². The van der Waals surface area contributed by atoms with Crippen molar-refractivity contribution in [3.8, 4) is 0 Å². The van der Waals surface area contributed by atoms with Crippen LogP contribution in [0.1, 0.15) is 20.3 Å². The Kier molecular flexibility index (Phi) is 8.11. The van der Waals surface area contributed by atoms with Crippen molar-refractivity contribution in [2.75, 3.05) is 0 Å². The monoisotopic (exact) mass is 148 g/mol. The minimum atomic E-state index is 1.10. The summed E-state index contributed by atoms with van der Waals surface area (Å²) in [7, 11) is 0. The molecule has 0 heteroatoms. The fraction of sp³-hybridized carbons (Fsp3) is 0.273. The number of hydrogen-bond acceptors (Lipinski definition) is 0. The lowest BCUT2D eigenvalue weighted by molar-refractivity contribution is 1.22. The van der Waals surface area contributed by atoms with Gasteiger partial charge in [0.2, 0.25) is 0 Å². The fourth-order valence-corrected chi connectivity index (χ4v) is 0.582. The van der Waals surface area contributed by atoms with Crippen molar-refractivity contribution in [2.45, 2.75) is 20.3 Å². The molecule has 0 unspecified atom stereocenters. The first-order chi connectivity index (χ1) is 5.41. The molecule has 60 valence electrons. The van der Waals surface area contributed by atoms with Crippen LogP contribution in [0.2, 0.25) is 0 Å². The van der Waals surface area contributed by atoms with Gasteiger partial charge >= 0.3 is 0 Å². The molecule has 0 spiro atoms. The molecule has 0 aliphatic rings. The quantitative estimate of drug-likeness (QED) is 0.534.